The molecular weight excluding hydrogens is 576 g/mol. The number of piperazine rings is 1. The highest BCUT2D eigenvalue weighted by molar-refractivity contribution is 7.92. The number of fused-ring (bicyclic) bond motifs is 1. The fraction of sp³-hybridized carbons (Fsp3) is 0.367. The van der Waals surface area contributed by atoms with Gasteiger partial charge in [0.15, 0.2) is 5.82 Å². The Morgan fingerprint density at radius 1 is 1.05 bits per heavy atom. The van der Waals surface area contributed by atoms with Gasteiger partial charge in [-0.05, 0) is 61.6 Å². The van der Waals surface area contributed by atoms with Gasteiger partial charge in [-0.15, -0.1) is 0 Å². The molecule has 1 amide bonds. The minimum absolute atomic E-state index is 0.216. The van der Waals surface area contributed by atoms with Crippen LogP contribution in [0.2, 0.25) is 0 Å². The lowest BCUT2D eigenvalue weighted by Gasteiger charge is -2.35. The SMILES string of the molecule is CCCS(=O)(=O)Nc1ccc(F)c(C(=O)Nc2cnc3[nH]c(-c4ccc(N5CCN(CC6CC6)CC5)nc4)cc3c2)c1F. The second kappa shape index (κ2) is 11.9. The van der Waals surface area contributed by atoms with Crippen molar-refractivity contribution in [1.29, 1.82) is 0 Å². The van der Waals surface area contributed by atoms with E-state index in [-0.39, 0.29) is 11.4 Å². The number of pyridine rings is 2. The van der Waals surface area contributed by atoms with E-state index >= 15 is 4.39 Å². The molecule has 3 aromatic heterocycles. The van der Waals surface area contributed by atoms with Crippen molar-refractivity contribution in [3.8, 4) is 11.3 Å². The van der Waals surface area contributed by atoms with Gasteiger partial charge in [0.05, 0.1) is 23.3 Å². The number of aromatic nitrogens is 3. The molecule has 2 aliphatic rings. The van der Waals surface area contributed by atoms with Crippen LogP contribution in [0.3, 0.4) is 0 Å². The van der Waals surface area contributed by atoms with E-state index in [9.17, 15) is 17.6 Å². The Kier molecular flexibility index (Phi) is 8.01. The molecule has 1 aliphatic heterocycles. The smallest absolute Gasteiger partial charge is 0.261 e. The third-order valence-electron chi connectivity index (χ3n) is 7.75. The molecule has 2 fully saturated rings. The van der Waals surface area contributed by atoms with E-state index in [4.69, 9.17) is 0 Å². The van der Waals surface area contributed by atoms with Crippen molar-refractivity contribution < 1.29 is 22.0 Å². The molecule has 0 spiro atoms. The van der Waals surface area contributed by atoms with E-state index in [0.717, 1.165) is 61.3 Å². The number of rotatable bonds is 10. The largest absolute Gasteiger partial charge is 0.354 e. The Bertz CT molecular complexity index is 1750. The van der Waals surface area contributed by atoms with Gasteiger partial charge in [-0.1, -0.05) is 6.92 Å². The summed E-state index contributed by atoms with van der Waals surface area (Å²) in [6, 6.07) is 9.29. The molecule has 4 heterocycles. The highest BCUT2D eigenvalue weighted by Gasteiger charge is 2.27. The average molecular weight is 610 g/mol. The van der Waals surface area contributed by atoms with Gasteiger partial charge in [-0.2, -0.15) is 0 Å². The molecule has 1 aliphatic carbocycles. The van der Waals surface area contributed by atoms with E-state index in [1.54, 1.807) is 13.0 Å². The maximum atomic E-state index is 15.1. The molecular formula is C30H33F2N7O3S. The monoisotopic (exact) mass is 609 g/mol. The number of nitrogens with zero attached hydrogens (tertiary/aromatic N) is 4. The van der Waals surface area contributed by atoms with Crippen molar-refractivity contribution in [3.05, 3.63) is 66.0 Å². The van der Waals surface area contributed by atoms with Crippen molar-refractivity contribution >= 4 is 44.2 Å². The highest BCUT2D eigenvalue weighted by atomic mass is 32.2. The van der Waals surface area contributed by atoms with Crippen LogP contribution < -0.4 is 14.9 Å². The minimum Gasteiger partial charge on any atom is -0.354 e. The number of hydrogen-bond donors (Lipinski definition) is 3. The Morgan fingerprint density at radius 3 is 2.53 bits per heavy atom. The van der Waals surface area contributed by atoms with Crippen LogP contribution in [-0.2, 0) is 10.0 Å². The zero-order chi connectivity index (χ0) is 30.1. The lowest BCUT2D eigenvalue weighted by Crippen LogP contribution is -2.47. The van der Waals surface area contributed by atoms with Gasteiger partial charge in [0.1, 0.15) is 22.8 Å². The van der Waals surface area contributed by atoms with Gasteiger partial charge in [-0.25, -0.2) is 27.2 Å². The second-order valence-corrected chi connectivity index (χ2v) is 13.0. The van der Waals surface area contributed by atoms with E-state index in [1.165, 1.54) is 25.6 Å². The number of sulfonamides is 1. The van der Waals surface area contributed by atoms with Crippen molar-refractivity contribution in [1.82, 2.24) is 19.9 Å². The van der Waals surface area contributed by atoms with Crippen LogP contribution in [0, 0.1) is 17.6 Å². The molecule has 3 N–H and O–H groups in total. The van der Waals surface area contributed by atoms with Gasteiger partial charge in [-0.3, -0.25) is 14.4 Å². The fourth-order valence-corrected chi connectivity index (χ4v) is 6.45. The predicted octanol–water partition coefficient (Wildman–Crippen LogP) is 4.84. The van der Waals surface area contributed by atoms with Crippen LogP contribution >= 0.6 is 0 Å². The Balaban J connectivity index is 1.14. The first-order chi connectivity index (χ1) is 20.7. The van der Waals surface area contributed by atoms with E-state index in [1.807, 2.05) is 24.4 Å². The molecule has 0 radical (unpaired) electrons. The van der Waals surface area contributed by atoms with Gasteiger partial charge in [0.2, 0.25) is 10.0 Å². The molecule has 10 nitrogen and oxygen atoms in total. The van der Waals surface area contributed by atoms with E-state index < -0.39 is 38.8 Å². The van der Waals surface area contributed by atoms with Crippen LogP contribution in [0.1, 0.15) is 36.5 Å². The molecule has 13 heteroatoms. The first-order valence-corrected chi connectivity index (χ1v) is 16.1. The van der Waals surface area contributed by atoms with Crippen molar-refractivity contribution in [2.45, 2.75) is 26.2 Å². The van der Waals surface area contributed by atoms with Gasteiger partial charge in [0, 0.05) is 55.6 Å². The van der Waals surface area contributed by atoms with Gasteiger partial charge in [0.25, 0.3) is 5.91 Å². The molecule has 43 heavy (non-hydrogen) atoms. The summed E-state index contributed by atoms with van der Waals surface area (Å²) in [7, 11) is -3.84. The zero-order valence-electron chi connectivity index (χ0n) is 23.7. The first-order valence-electron chi connectivity index (χ1n) is 14.4. The van der Waals surface area contributed by atoms with Crippen LogP contribution in [-0.4, -0.2) is 72.7 Å². The van der Waals surface area contributed by atoms with Gasteiger partial charge >= 0.3 is 0 Å². The van der Waals surface area contributed by atoms with Crippen molar-refractivity contribution in [2.75, 3.05) is 53.4 Å². The molecule has 1 aromatic carbocycles. The molecule has 1 saturated heterocycles. The zero-order valence-corrected chi connectivity index (χ0v) is 24.6. The summed E-state index contributed by atoms with van der Waals surface area (Å²) in [4.78, 5) is 30.0. The number of carbonyl (C=O) groups is 1. The lowest BCUT2D eigenvalue weighted by atomic mass is 10.1. The maximum Gasteiger partial charge on any atom is 0.261 e. The van der Waals surface area contributed by atoms with Crippen molar-refractivity contribution in [3.63, 3.8) is 0 Å². The number of hydrogen-bond acceptors (Lipinski definition) is 7. The minimum atomic E-state index is -3.84. The first kappa shape index (κ1) is 29.0. The summed E-state index contributed by atoms with van der Waals surface area (Å²) in [5.74, 6) is -1.90. The van der Waals surface area contributed by atoms with Crippen LogP contribution in [0.4, 0.5) is 26.0 Å². The van der Waals surface area contributed by atoms with Crippen LogP contribution in [0.15, 0.2) is 48.8 Å². The number of carbonyl (C=O) groups excluding carboxylic acids is 1. The van der Waals surface area contributed by atoms with E-state index in [2.05, 4.69) is 34.8 Å². The summed E-state index contributed by atoms with van der Waals surface area (Å²) in [5.41, 5.74) is 1.03. The number of nitrogens with one attached hydrogen (secondary N) is 3. The summed E-state index contributed by atoms with van der Waals surface area (Å²) >= 11 is 0. The third-order valence-corrected chi connectivity index (χ3v) is 9.23. The molecule has 0 atom stereocenters. The summed E-state index contributed by atoms with van der Waals surface area (Å²) in [6.07, 6.45) is 6.22. The van der Waals surface area contributed by atoms with Crippen molar-refractivity contribution in [2.24, 2.45) is 5.92 Å². The normalized spacial score (nSPS) is 16.0. The number of halogens is 2. The Morgan fingerprint density at radius 2 is 1.84 bits per heavy atom. The van der Waals surface area contributed by atoms with Crippen LogP contribution in [0.5, 0.6) is 0 Å². The molecule has 226 valence electrons. The molecule has 6 rings (SSSR count). The predicted molar refractivity (Wildman–Crippen MR) is 163 cm³/mol. The standard InChI is InChI=1S/C30H33F2N7O3S/c1-2-13-43(41,42)37-24-7-6-23(31)27(28(24)32)30(40)35-22-14-21-15-25(36-29(21)34-17-22)20-5-8-26(33-16-20)39-11-9-38(10-12-39)18-19-3-4-19/h5-8,14-17,19,37H,2-4,9-13,18H2,1H3,(H,34,36)(H,35,40). The quantitative estimate of drug-likeness (QED) is 0.235. The number of anilines is 3. The summed E-state index contributed by atoms with van der Waals surface area (Å²) < 4.78 is 55.8. The Labute approximate surface area is 248 Å². The van der Waals surface area contributed by atoms with Gasteiger partial charge < -0.3 is 15.2 Å². The molecule has 0 unspecified atom stereocenters. The summed E-state index contributed by atoms with van der Waals surface area (Å²) in [5, 5.41) is 3.13. The fourth-order valence-electron chi connectivity index (χ4n) is 5.32. The summed E-state index contributed by atoms with van der Waals surface area (Å²) in [6.45, 7) is 6.88. The number of amides is 1. The van der Waals surface area contributed by atoms with Crippen LogP contribution in [0.25, 0.3) is 22.3 Å². The number of H-pyrrole nitrogens is 1. The maximum absolute atomic E-state index is 15.1. The topological polar surface area (TPSA) is 123 Å². The Hall–Kier alpha value is -4.10. The molecule has 1 saturated carbocycles. The highest BCUT2D eigenvalue weighted by Crippen LogP contribution is 2.31. The molecule has 0 bridgehead atoms. The third kappa shape index (κ3) is 6.62. The van der Waals surface area contributed by atoms with E-state index in [0.29, 0.717) is 17.5 Å². The number of aromatic amines is 1. The molecule has 4 aromatic rings. The average Bonchev–Trinajstić information content (AvgIpc) is 3.70. The second-order valence-electron chi connectivity index (χ2n) is 11.1. The lowest BCUT2D eigenvalue weighted by molar-refractivity contribution is 0.101. The number of benzene rings is 1.